The van der Waals surface area contributed by atoms with Crippen molar-refractivity contribution >= 4 is 6.29 Å². The van der Waals surface area contributed by atoms with Crippen LogP contribution < -0.4 is 0 Å². The van der Waals surface area contributed by atoms with E-state index in [1.165, 1.54) is 0 Å². The van der Waals surface area contributed by atoms with Gasteiger partial charge in [0.2, 0.25) is 0 Å². The molecular weight excluding hydrogens is 148 g/mol. The van der Waals surface area contributed by atoms with E-state index in [0.29, 0.717) is 0 Å². The molecule has 1 aromatic carbocycles. The zero-order chi connectivity index (χ0) is 9.23. The van der Waals surface area contributed by atoms with Gasteiger partial charge < -0.3 is 0 Å². The quantitative estimate of drug-likeness (QED) is 0.455. The summed E-state index contributed by atoms with van der Waals surface area (Å²) in [4.78, 5) is 10.0. The van der Waals surface area contributed by atoms with E-state index in [1.807, 2.05) is 32.0 Å². The Bertz CT molecular complexity index is 258. The van der Waals surface area contributed by atoms with Crippen molar-refractivity contribution in [3.05, 3.63) is 35.9 Å². The van der Waals surface area contributed by atoms with Crippen LogP contribution in [0.3, 0.4) is 0 Å². The summed E-state index contributed by atoms with van der Waals surface area (Å²) in [5.74, 6) is 5.36. The van der Waals surface area contributed by atoms with E-state index in [4.69, 9.17) is 0 Å². The van der Waals surface area contributed by atoms with Gasteiger partial charge in [0.15, 0.2) is 0 Å². The van der Waals surface area contributed by atoms with E-state index in [-0.39, 0.29) is 0 Å². The molecule has 0 saturated carbocycles. The molecule has 12 heavy (non-hydrogen) atoms. The zero-order valence-electron chi connectivity index (χ0n) is 7.37. The molecule has 1 nitrogen and oxygen atoms in total. The van der Waals surface area contributed by atoms with Crippen LogP contribution in [-0.2, 0) is 0 Å². The highest BCUT2D eigenvalue weighted by molar-refractivity contribution is 5.74. The van der Waals surface area contributed by atoms with Crippen molar-refractivity contribution in [2.45, 2.75) is 13.8 Å². The molecule has 0 heterocycles. The van der Waals surface area contributed by atoms with Crippen LogP contribution in [0.25, 0.3) is 0 Å². The molecule has 0 aliphatic carbocycles. The topological polar surface area (TPSA) is 17.1 Å². The Morgan fingerprint density at radius 1 is 1.08 bits per heavy atom. The number of carbonyl (C=O) groups is 1. The fourth-order valence-corrected chi connectivity index (χ4v) is 0.532. The summed E-state index contributed by atoms with van der Waals surface area (Å²) in [5.41, 5.74) is 0.729. The molecule has 1 heteroatoms. The van der Waals surface area contributed by atoms with Crippen LogP contribution in [0.2, 0.25) is 0 Å². The van der Waals surface area contributed by atoms with E-state index >= 15 is 0 Å². The number of hydrogen-bond acceptors (Lipinski definition) is 1. The number of rotatable bonds is 1. The van der Waals surface area contributed by atoms with Crippen LogP contribution in [0.5, 0.6) is 0 Å². The summed E-state index contributed by atoms with van der Waals surface area (Å²) in [6, 6.07) is 9.10. The van der Waals surface area contributed by atoms with Crippen molar-refractivity contribution in [2.24, 2.45) is 0 Å². The van der Waals surface area contributed by atoms with Crippen molar-refractivity contribution in [3.63, 3.8) is 0 Å². The molecule has 0 aliphatic rings. The molecule has 0 unspecified atom stereocenters. The fourth-order valence-electron chi connectivity index (χ4n) is 0.532. The van der Waals surface area contributed by atoms with Gasteiger partial charge in [-0.05, 0) is 13.8 Å². The van der Waals surface area contributed by atoms with Crippen LogP contribution in [-0.4, -0.2) is 6.29 Å². The lowest BCUT2D eigenvalue weighted by atomic mass is 10.2. The van der Waals surface area contributed by atoms with Crippen LogP contribution in [0.15, 0.2) is 30.3 Å². The third-order valence-corrected chi connectivity index (χ3v) is 1.19. The summed E-state index contributed by atoms with van der Waals surface area (Å²) in [6.07, 6.45) is 0.833. The largest absolute Gasteiger partial charge is 0.298 e. The Labute approximate surface area is 73.4 Å². The first-order valence-electron chi connectivity index (χ1n) is 3.69. The number of benzene rings is 1. The average Bonchev–Trinajstić information content (AvgIpc) is 2.19. The predicted octanol–water partition coefficient (Wildman–Crippen LogP) is 2.53. The Kier molecular flexibility index (Phi) is 6.58. The fraction of sp³-hybridized carbons (Fsp3) is 0.182. The normalized spacial score (nSPS) is 6.83. The molecule has 0 amide bonds. The molecule has 0 spiro atoms. The molecule has 0 saturated heterocycles. The highest BCUT2D eigenvalue weighted by Gasteiger charge is 1.79. The third-order valence-electron chi connectivity index (χ3n) is 1.19. The van der Waals surface area contributed by atoms with Crippen LogP contribution in [0, 0.1) is 11.8 Å². The lowest BCUT2D eigenvalue weighted by molar-refractivity contribution is 0.112. The first-order valence-corrected chi connectivity index (χ1v) is 3.69. The van der Waals surface area contributed by atoms with Gasteiger partial charge in [-0.15, -0.1) is 11.8 Å². The summed E-state index contributed by atoms with van der Waals surface area (Å²) in [6.45, 7) is 3.64. The molecule has 1 rings (SSSR count). The molecule has 0 aromatic heterocycles. The average molecular weight is 160 g/mol. The van der Waals surface area contributed by atoms with Crippen molar-refractivity contribution < 1.29 is 4.79 Å². The van der Waals surface area contributed by atoms with Gasteiger partial charge in [0.25, 0.3) is 0 Å². The molecular formula is C11H12O. The Balaban J connectivity index is 0.000000261. The van der Waals surface area contributed by atoms with Gasteiger partial charge >= 0.3 is 0 Å². The minimum atomic E-state index is 0.729. The molecule has 0 fully saturated rings. The van der Waals surface area contributed by atoms with E-state index in [9.17, 15) is 4.79 Å². The van der Waals surface area contributed by atoms with Gasteiger partial charge in [-0.3, -0.25) is 4.79 Å². The zero-order valence-corrected chi connectivity index (χ0v) is 7.37. The van der Waals surface area contributed by atoms with Crippen LogP contribution in [0.1, 0.15) is 24.2 Å². The molecule has 1 aromatic rings. The highest BCUT2D eigenvalue weighted by atomic mass is 16.1. The third kappa shape index (κ3) is 5.25. The lowest BCUT2D eigenvalue weighted by Crippen LogP contribution is -1.73. The Hall–Kier alpha value is -1.55. The minimum absolute atomic E-state index is 0.729. The van der Waals surface area contributed by atoms with Crippen molar-refractivity contribution in [1.82, 2.24) is 0 Å². The maximum Gasteiger partial charge on any atom is 0.150 e. The number of hydrogen-bond donors (Lipinski definition) is 0. The SMILES string of the molecule is CC#CC.O=Cc1ccccc1. The molecule has 0 bridgehead atoms. The molecule has 0 N–H and O–H groups in total. The standard InChI is InChI=1S/C7H6O.C4H6/c8-6-7-4-2-1-3-5-7;1-3-4-2/h1-6H;1-2H3. The van der Waals surface area contributed by atoms with Crippen molar-refractivity contribution in [2.75, 3.05) is 0 Å². The summed E-state index contributed by atoms with van der Waals surface area (Å²) in [7, 11) is 0. The minimum Gasteiger partial charge on any atom is -0.298 e. The maximum atomic E-state index is 10.0. The van der Waals surface area contributed by atoms with Gasteiger partial charge in [0, 0.05) is 5.56 Å². The Morgan fingerprint density at radius 3 is 1.83 bits per heavy atom. The van der Waals surface area contributed by atoms with Crippen molar-refractivity contribution in [1.29, 1.82) is 0 Å². The van der Waals surface area contributed by atoms with E-state index in [0.717, 1.165) is 11.8 Å². The summed E-state index contributed by atoms with van der Waals surface area (Å²) < 4.78 is 0. The molecule has 0 atom stereocenters. The molecule has 62 valence electrons. The summed E-state index contributed by atoms with van der Waals surface area (Å²) >= 11 is 0. The molecule has 0 aliphatic heterocycles. The van der Waals surface area contributed by atoms with Crippen LogP contribution in [0.4, 0.5) is 0 Å². The first-order chi connectivity index (χ1) is 5.85. The van der Waals surface area contributed by atoms with Gasteiger partial charge in [0.05, 0.1) is 0 Å². The second kappa shape index (κ2) is 7.56. The lowest BCUT2D eigenvalue weighted by Gasteiger charge is -1.81. The van der Waals surface area contributed by atoms with Crippen LogP contribution >= 0.6 is 0 Å². The first kappa shape index (κ1) is 10.4. The second-order valence-corrected chi connectivity index (χ2v) is 2.03. The van der Waals surface area contributed by atoms with Gasteiger partial charge in [-0.1, -0.05) is 30.3 Å². The van der Waals surface area contributed by atoms with Gasteiger partial charge in [-0.25, -0.2) is 0 Å². The second-order valence-electron chi connectivity index (χ2n) is 2.03. The van der Waals surface area contributed by atoms with E-state index in [1.54, 1.807) is 12.1 Å². The number of aldehydes is 1. The maximum absolute atomic E-state index is 10.0. The van der Waals surface area contributed by atoms with E-state index < -0.39 is 0 Å². The summed E-state index contributed by atoms with van der Waals surface area (Å²) in [5, 5.41) is 0. The number of carbonyl (C=O) groups excluding carboxylic acids is 1. The van der Waals surface area contributed by atoms with Gasteiger partial charge in [-0.2, -0.15) is 0 Å². The van der Waals surface area contributed by atoms with Gasteiger partial charge in [0.1, 0.15) is 6.29 Å². The Morgan fingerprint density at radius 2 is 1.58 bits per heavy atom. The van der Waals surface area contributed by atoms with Crippen molar-refractivity contribution in [3.8, 4) is 11.8 Å². The van der Waals surface area contributed by atoms with E-state index in [2.05, 4.69) is 11.8 Å². The predicted molar refractivity (Wildman–Crippen MR) is 51.0 cm³/mol. The molecule has 0 radical (unpaired) electrons. The monoisotopic (exact) mass is 160 g/mol. The highest BCUT2D eigenvalue weighted by Crippen LogP contribution is 1.91. The smallest absolute Gasteiger partial charge is 0.150 e.